The number of halogens is 1. The Hall–Kier alpha value is -4.03. The van der Waals surface area contributed by atoms with Gasteiger partial charge in [-0.3, -0.25) is 14.0 Å². The van der Waals surface area contributed by atoms with Crippen molar-refractivity contribution in [1.82, 2.24) is 24.6 Å². The summed E-state index contributed by atoms with van der Waals surface area (Å²) in [4.78, 5) is 23.9. The van der Waals surface area contributed by atoms with Crippen molar-refractivity contribution in [2.45, 2.75) is 19.3 Å². The van der Waals surface area contributed by atoms with Crippen LogP contribution in [-0.4, -0.2) is 45.5 Å². The number of nitrogens with zero attached hydrogens (tertiary/aromatic N) is 6. The molecule has 9 heteroatoms. The zero-order chi connectivity index (χ0) is 24.9. The standard InChI is InChI=1S/C27H26FN7O/c1-29-22-5-3-18(14-21(22)28)26-32-24(34-11-8-27(9-12-34)7-10-30-17-27)15-25(36)35(26)20-4-6-23-19(13-20)16-31-33(23)2/h3-6,13-16,30H,7-12,17H2,2H3. The number of aromatic nitrogens is 4. The molecule has 182 valence electrons. The second kappa shape index (κ2) is 8.57. The van der Waals surface area contributed by atoms with Crippen LogP contribution < -0.4 is 15.8 Å². The number of rotatable bonds is 3. The Bertz CT molecular complexity index is 1570. The fourth-order valence-electron chi connectivity index (χ4n) is 5.53. The number of benzene rings is 2. The highest BCUT2D eigenvalue weighted by molar-refractivity contribution is 5.81. The molecule has 2 aromatic heterocycles. The van der Waals surface area contributed by atoms with E-state index in [1.165, 1.54) is 23.1 Å². The van der Waals surface area contributed by atoms with Gasteiger partial charge in [0.15, 0.2) is 0 Å². The molecule has 2 aliphatic rings. The molecule has 1 spiro atoms. The summed E-state index contributed by atoms with van der Waals surface area (Å²) in [5, 5.41) is 8.66. The van der Waals surface area contributed by atoms with Crippen LogP contribution >= 0.6 is 0 Å². The minimum atomic E-state index is -0.634. The van der Waals surface area contributed by atoms with Gasteiger partial charge in [-0.05, 0) is 55.5 Å². The number of nitrogens with one attached hydrogen (secondary N) is 1. The van der Waals surface area contributed by atoms with Gasteiger partial charge in [0.1, 0.15) is 17.5 Å². The quantitative estimate of drug-likeness (QED) is 0.445. The summed E-state index contributed by atoms with van der Waals surface area (Å²) in [5.41, 5.74) is 2.04. The number of aryl methyl sites for hydroxylation is 1. The maximum Gasteiger partial charge on any atom is 0.260 e. The molecule has 1 N–H and O–H groups in total. The average Bonchev–Trinajstić information content (AvgIpc) is 3.50. The molecule has 0 amide bonds. The summed E-state index contributed by atoms with van der Waals surface area (Å²) in [7, 11) is 1.86. The van der Waals surface area contributed by atoms with Crippen molar-refractivity contribution in [3.63, 3.8) is 0 Å². The van der Waals surface area contributed by atoms with Gasteiger partial charge in [-0.2, -0.15) is 5.10 Å². The Labute approximate surface area is 207 Å². The van der Waals surface area contributed by atoms with Crippen molar-refractivity contribution in [3.05, 3.63) is 76.2 Å². The van der Waals surface area contributed by atoms with Crippen molar-refractivity contribution in [2.75, 3.05) is 31.1 Å². The van der Waals surface area contributed by atoms with E-state index >= 15 is 0 Å². The van der Waals surface area contributed by atoms with Gasteiger partial charge in [-0.15, -0.1) is 0 Å². The Morgan fingerprint density at radius 2 is 1.94 bits per heavy atom. The Balaban J connectivity index is 1.47. The number of hydrogen-bond donors (Lipinski definition) is 1. The van der Waals surface area contributed by atoms with Gasteiger partial charge >= 0.3 is 0 Å². The summed E-state index contributed by atoms with van der Waals surface area (Å²) in [5.74, 6) is 0.313. The van der Waals surface area contributed by atoms with E-state index in [2.05, 4.69) is 20.2 Å². The van der Waals surface area contributed by atoms with Gasteiger partial charge in [0.25, 0.3) is 5.56 Å². The molecular formula is C27H26FN7O. The third-order valence-electron chi connectivity index (χ3n) is 7.70. The van der Waals surface area contributed by atoms with Crippen LogP contribution in [0.2, 0.25) is 0 Å². The minimum Gasteiger partial charge on any atom is -0.356 e. The molecule has 0 bridgehead atoms. The molecule has 2 aliphatic heterocycles. The molecular weight excluding hydrogens is 457 g/mol. The third-order valence-corrected chi connectivity index (χ3v) is 7.70. The third kappa shape index (κ3) is 3.74. The molecule has 2 fully saturated rings. The van der Waals surface area contributed by atoms with E-state index in [0.29, 0.717) is 28.3 Å². The van der Waals surface area contributed by atoms with Crippen LogP contribution in [0.25, 0.3) is 32.8 Å². The molecule has 0 aliphatic carbocycles. The number of piperidine rings is 1. The minimum absolute atomic E-state index is 0.0629. The average molecular weight is 484 g/mol. The molecule has 6 rings (SSSR count). The smallest absolute Gasteiger partial charge is 0.260 e. The number of fused-ring (bicyclic) bond motifs is 1. The number of anilines is 1. The van der Waals surface area contributed by atoms with Gasteiger partial charge in [0, 0.05) is 43.7 Å². The largest absolute Gasteiger partial charge is 0.356 e. The van der Waals surface area contributed by atoms with Crippen molar-refractivity contribution in [2.24, 2.45) is 12.5 Å². The zero-order valence-corrected chi connectivity index (χ0v) is 20.0. The van der Waals surface area contributed by atoms with E-state index in [9.17, 15) is 9.18 Å². The topological polar surface area (TPSA) is 72.3 Å². The van der Waals surface area contributed by atoms with Crippen molar-refractivity contribution in [1.29, 1.82) is 0 Å². The monoisotopic (exact) mass is 483 g/mol. The van der Waals surface area contributed by atoms with Crippen molar-refractivity contribution >= 4 is 22.4 Å². The highest BCUT2D eigenvalue weighted by Crippen LogP contribution is 2.38. The summed E-state index contributed by atoms with van der Waals surface area (Å²) in [6.45, 7) is 10.9. The van der Waals surface area contributed by atoms with E-state index in [0.717, 1.165) is 49.9 Å². The van der Waals surface area contributed by atoms with Crippen LogP contribution in [0.15, 0.2) is 53.5 Å². The van der Waals surface area contributed by atoms with Gasteiger partial charge < -0.3 is 10.2 Å². The number of hydrogen-bond acceptors (Lipinski definition) is 5. The first-order valence-electron chi connectivity index (χ1n) is 12.2. The predicted molar refractivity (Wildman–Crippen MR) is 137 cm³/mol. The van der Waals surface area contributed by atoms with E-state index in [1.54, 1.807) is 23.0 Å². The predicted octanol–water partition coefficient (Wildman–Crippen LogP) is 4.06. The van der Waals surface area contributed by atoms with E-state index < -0.39 is 5.82 Å². The maximum atomic E-state index is 14.7. The maximum absolute atomic E-state index is 14.7. The molecule has 0 saturated carbocycles. The summed E-state index contributed by atoms with van der Waals surface area (Å²) in [6.07, 6.45) is 5.03. The molecule has 0 radical (unpaired) electrons. The van der Waals surface area contributed by atoms with Gasteiger partial charge in [-0.25, -0.2) is 14.2 Å². The Morgan fingerprint density at radius 1 is 1.11 bits per heavy atom. The van der Waals surface area contributed by atoms with Crippen molar-refractivity contribution < 1.29 is 4.39 Å². The molecule has 0 unspecified atom stereocenters. The lowest BCUT2D eigenvalue weighted by Gasteiger charge is -2.39. The summed E-state index contributed by atoms with van der Waals surface area (Å²) >= 11 is 0. The fraction of sp³-hybridized carbons (Fsp3) is 0.333. The highest BCUT2D eigenvalue weighted by atomic mass is 19.1. The van der Waals surface area contributed by atoms with E-state index in [4.69, 9.17) is 11.6 Å². The summed E-state index contributed by atoms with van der Waals surface area (Å²) < 4.78 is 17.9. The molecule has 8 nitrogen and oxygen atoms in total. The molecule has 0 atom stereocenters. The second-order valence-electron chi connectivity index (χ2n) is 9.81. The second-order valence-corrected chi connectivity index (χ2v) is 9.81. The molecule has 36 heavy (non-hydrogen) atoms. The first-order valence-corrected chi connectivity index (χ1v) is 12.2. The van der Waals surface area contributed by atoms with Crippen LogP contribution in [0, 0.1) is 17.8 Å². The van der Waals surface area contributed by atoms with Crippen LogP contribution in [0.4, 0.5) is 15.9 Å². The van der Waals surface area contributed by atoms with E-state index in [1.807, 2.05) is 25.2 Å². The van der Waals surface area contributed by atoms with Gasteiger partial charge in [0.05, 0.1) is 24.0 Å². The zero-order valence-electron chi connectivity index (χ0n) is 20.0. The van der Waals surface area contributed by atoms with Crippen LogP contribution in [0.3, 0.4) is 0 Å². The lowest BCUT2D eigenvalue weighted by molar-refractivity contribution is 0.247. The van der Waals surface area contributed by atoms with Crippen LogP contribution in [0.5, 0.6) is 0 Å². The van der Waals surface area contributed by atoms with E-state index in [-0.39, 0.29) is 11.2 Å². The lowest BCUT2D eigenvalue weighted by atomic mass is 9.78. The highest BCUT2D eigenvalue weighted by Gasteiger charge is 2.37. The molecule has 4 aromatic rings. The first-order chi connectivity index (χ1) is 17.5. The molecule has 2 aromatic carbocycles. The fourth-order valence-corrected chi connectivity index (χ4v) is 5.53. The molecule has 4 heterocycles. The SMILES string of the molecule is [C-]#[N+]c1ccc(-c2nc(N3CCC4(CCNC4)CC3)cc(=O)n2-c2ccc3c(cnn3C)c2)cc1F. The molecule has 2 saturated heterocycles. The first kappa shape index (κ1) is 22.4. The van der Waals surface area contributed by atoms with Crippen molar-refractivity contribution in [3.8, 4) is 17.1 Å². The summed E-state index contributed by atoms with van der Waals surface area (Å²) in [6, 6.07) is 11.6. The van der Waals surface area contributed by atoms with Crippen LogP contribution in [-0.2, 0) is 7.05 Å². The van der Waals surface area contributed by atoms with Crippen LogP contribution in [0.1, 0.15) is 19.3 Å². The lowest BCUT2D eigenvalue weighted by Crippen LogP contribution is -2.42. The normalized spacial score (nSPS) is 17.1. The van der Waals surface area contributed by atoms with Gasteiger partial charge in [-0.1, -0.05) is 12.1 Å². The Kier molecular flexibility index (Phi) is 5.34. The Morgan fingerprint density at radius 3 is 2.67 bits per heavy atom. The van der Waals surface area contributed by atoms with Gasteiger partial charge in [0.2, 0.25) is 5.69 Å².